The van der Waals surface area contributed by atoms with Gasteiger partial charge in [-0.3, -0.25) is 4.79 Å². The SMILES string of the molecule is CC1(C(N)=O)CCN(c2ccc(N)cc2C(=O)O)C1. The van der Waals surface area contributed by atoms with E-state index in [1.165, 1.54) is 6.07 Å². The Morgan fingerprint density at radius 1 is 1.42 bits per heavy atom. The van der Waals surface area contributed by atoms with Crippen LogP contribution in [0, 0.1) is 5.41 Å². The van der Waals surface area contributed by atoms with Gasteiger partial charge in [-0.05, 0) is 31.5 Å². The van der Waals surface area contributed by atoms with Crippen LogP contribution in [0.2, 0.25) is 0 Å². The maximum atomic E-state index is 11.4. The molecule has 1 aromatic rings. The Morgan fingerprint density at radius 2 is 2.11 bits per heavy atom. The van der Waals surface area contributed by atoms with Gasteiger partial charge in [0.15, 0.2) is 0 Å². The first kappa shape index (κ1) is 13.2. The zero-order valence-corrected chi connectivity index (χ0v) is 10.7. The van der Waals surface area contributed by atoms with Gasteiger partial charge in [-0.25, -0.2) is 4.79 Å². The van der Waals surface area contributed by atoms with Crippen molar-refractivity contribution >= 4 is 23.3 Å². The molecular formula is C13H17N3O3. The van der Waals surface area contributed by atoms with Crippen molar-refractivity contribution in [2.75, 3.05) is 23.7 Å². The number of nitrogen functional groups attached to an aromatic ring is 1. The number of carbonyl (C=O) groups excluding carboxylic acids is 1. The third-order valence-corrected chi connectivity index (χ3v) is 3.66. The van der Waals surface area contributed by atoms with Crippen LogP contribution in [0.25, 0.3) is 0 Å². The number of carbonyl (C=O) groups is 2. The highest BCUT2D eigenvalue weighted by atomic mass is 16.4. The lowest BCUT2D eigenvalue weighted by atomic mass is 9.89. The van der Waals surface area contributed by atoms with E-state index < -0.39 is 11.4 Å². The van der Waals surface area contributed by atoms with Gasteiger partial charge in [0.1, 0.15) is 0 Å². The first-order valence-corrected chi connectivity index (χ1v) is 6.01. The maximum absolute atomic E-state index is 11.4. The molecular weight excluding hydrogens is 246 g/mol. The van der Waals surface area contributed by atoms with Crippen LogP contribution < -0.4 is 16.4 Å². The van der Waals surface area contributed by atoms with E-state index in [4.69, 9.17) is 11.5 Å². The molecule has 19 heavy (non-hydrogen) atoms. The van der Waals surface area contributed by atoms with Crippen LogP contribution in [0.4, 0.5) is 11.4 Å². The fourth-order valence-corrected chi connectivity index (χ4v) is 2.37. The van der Waals surface area contributed by atoms with Gasteiger partial charge in [0.2, 0.25) is 5.91 Å². The zero-order valence-electron chi connectivity index (χ0n) is 10.7. The first-order chi connectivity index (χ1) is 8.83. The molecule has 1 aromatic carbocycles. The van der Waals surface area contributed by atoms with E-state index in [9.17, 15) is 14.7 Å². The first-order valence-electron chi connectivity index (χ1n) is 6.01. The molecule has 0 spiro atoms. The van der Waals surface area contributed by atoms with Gasteiger partial charge in [-0.1, -0.05) is 0 Å². The Balaban J connectivity index is 2.34. The maximum Gasteiger partial charge on any atom is 0.337 e. The minimum absolute atomic E-state index is 0.147. The van der Waals surface area contributed by atoms with Crippen molar-refractivity contribution in [3.8, 4) is 0 Å². The van der Waals surface area contributed by atoms with E-state index in [1.807, 2.05) is 4.90 Å². The van der Waals surface area contributed by atoms with Gasteiger partial charge in [0.05, 0.1) is 16.7 Å². The third-order valence-electron chi connectivity index (χ3n) is 3.66. The molecule has 1 unspecified atom stereocenters. The molecule has 0 aromatic heterocycles. The average Bonchev–Trinajstić information content (AvgIpc) is 2.73. The van der Waals surface area contributed by atoms with E-state index in [-0.39, 0.29) is 11.5 Å². The summed E-state index contributed by atoms with van der Waals surface area (Å²) in [5.74, 6) is -1.39. The van der Waals surface area contributed by atoms with Gasteiger partial charge in [0.25, 0.3) is 0 Å². The molecule has 0 saturated carbocycles. The highest BCUT2D eigenvalue weighted by Gasteiger charge is 2.39. The number of primary amides is 1. The number of aromatic carboxylic acids is 1. The normalized spacial score (nSPS) is 22.5. The van der Waals surface area contributed by atoms with Crippen molar-refractivity contribution in [2.45, 2.75) is 13.3 Å². The van der Waals surface area contributed by atoms with E-state index in [0.29, 0.717) is 30.9 Å². The van der Waals surface area contributed by atoms with Crippen LogP contribution in [0.15, 0.2) is 18.2 Å². The largest absolute Gasteiger partial charge is 0.478 e. The lowest BCUT2D eigenvalue weighted by molar-refractivity contribution is -0.125. The molecule has 1 aliphatic heterocycles. The van der Waals surface area contributed by atoms with Crippen LogP contribution in [0.5, 0.6) is 0 Å². The molecule has 6 heteroatoms. The predicted molar refractivity (Wildman–Crippen MR) is 71.9 cm³/mol. The van der Waals surface area contributed by atoms with Gasteiger partial charge >= 0.3 is 5.97 Å². The number of rotatable bonds is 3. The number of hydrogen-bond acceptors (Lipinski definition) is 4. The Labute approximate surface area is 111 Å². The van der Waals surface area contributed by atoms with E-state index in [0.717, 1.165) is 0 Å². The second-order valence-corrected chi connectivity index (χ2v) is 5.18. The molecule has 1 amide bonds. The quantitative estimate of drug-likeness (QED) is 0.694. The van der Waals surface area contributed by atoms with Crippen molar-refractivity contribution < 1.29 is 14.7 Å². The molecule has 1 saturated heterocycles. The standard InChI is InChI=1S/C13H17N3O3/c1-13(12(15)19)4-5-16(7-13)10-3-2-8(14)6-9(10)11(17)18/h2-3,6H,4-5,7,14H2,1H3,(H2,15,19)(H,17,18). The van der Waals surface area contributed by atoms with Crippen LogP contribution in [-0.2, 0) is 4.79 Å². The molecule has 2 rings (SSSR count). The van der Waals surface area contributed by atoms with Gasteiger partial charge in [-0.2, -0.15) is 0 Å². The third kappa shape index (κ3) is 2.33. The number of hydrogen-bond donors (Lipinski definition) is 3. The van der Waals surface area contributed by atoms with Crippen LogP contribution in [-0.4, -0.2) is 30.1 Å². The van der Waals surface area contributed by atoms with Crippen molar-refractivity contribution in [1.82, 2.24) is 0 Å². The summed E-state index contributed by atoms with van der Waals surface area (Å²) in [6.45, 7) is 2.82. The smallest absolute Gasteiger partial charge is 0.337 e. The Hall–Kier alpha value is -2.24. The molecule has 1 aliphatic rings. The van der Waals surface area contributed by atoms with E-state index in [1.54, 1.807) is 19.1 Å². The minimum atomic E-state index is -1.03. The number of carboxylic acids is 1. The summed E-state index contributed by atoms with van der Waals surface area (Å²) >= 11 is 0. The summed E-state index contributed by atoms with van der Waals surface area (Å²) in [7, 11) is 0. The molecule has 1 heterocycles. The Kier molecular flexibility index (Phi) is 3.09. The number of amides is 1. The Morgan fingerprint density at radius 3 is 2.63 bits per heavy atom. The monoisotopic (exact) mass is 263 g/mol. The molecule has 0 radical (unpaired) electrons. The molecule has 0 aliphatic carbocycles. The summed E-state index contributed by atoms with van der Waals surface area (Å²) in [6, 6.07) is 4.75. The number of nitrogens with zero attached hydrogens (tertiary/aromatic N) is 1. The molecule has 5 N–H and O–H groups in total. The van der Waals surface area contributed by atoms with Gasteiger partial charge in [-0.15, -0.1) is 0 Å². The fraction of sp³-hybridized carbons (Fsp3) is 0.385. The van der Waals surface area contributed by atoms with E-state index in [2.05, 4.69) is 0 Å². The highest BCUT2D eigenvalue weighted by molar-refractivity contribution is 5.96. The number of anilines is 2. The molecule has 1 atom stereocenters. The lowest BCUT2D eigenvalue weighted by Crippen LogP contribution is -2.37. The highest BCUT2D eigenvalue weighted by Crippen LogP contribution is 2.35. The summed E-state index contributed by atoms with van der Waals surface area (Å²) in [4.78, 5) is 24.6. The second-order valence-electron chi connectivity index (χ2n) is 5.18. The van der Waals surface area contributed by atoms with Crippen molar-refractivity contribution in [2.24, 2.45) is 11.1 Å². The van der Waals surface area contributed by atoms with Crippen LogP contribution >= 0.6 is 0 Å². The summed E-state index contributed by atoms with van der Waals surface area (Å²) < 4.78 is 0. The average molecular weight is 263 g/mol. The summed E-state index contributed by atoms with van der Waals surface area (Å²) in [5, 5.41) is 9.22. The second kappa shape index (κ2) is 4.46. The fourth-order valence-electron chi connectivity index (χ4n) is 2.37. The van der Waals surface area contributed by atoms with Crippen LogP contribution in [0.3, 0.4) is 0 Å². The van der Waals surface area contributed by atoms with E-state index >= 15 is 0 Å². The molecule has 1 fully saturated rings. The Bertz CT molecular complexity index is 544. The summed E-state index contributed by atoms with van der Waals surface area (Å²) in [5.41, 5.74) is 11.5. The lowest BCUT2D eigenvalue weighted by Gasteiger charge is -2.24. The van der Waals surface area contributed by atoms with Gasteiger partial charge < -0.3 is 21.5 Å². The van der Waals surface area contributed by atoms with Crippen molar-refractivity contribution in [3.63, 3.8) is 0 Å². The predicted octanol–water partition coefficient (Wildman–Crippen LogP) is 0.669. The molecule has 102 valence electrons. The van der Waals surface area contributed by atoms with Crippen LogP contribution in [0.1, 0.15) is 23.7 Å². The molecule has 6 nitrogen and oxygen atoms in total. The zero-order chi connectivity index (χ0) is 14.2. The number of benzene rings is 1. The minimum Gasteiger partial charge on any atom is -0.478 e. The molecule has 0 bridgehead atoms. The number of carboxylic acid groups (broad SMARTS) is 1. The van der Waals surface area contributed by atoms with Crippen molar-refractivity contribution in [1.29, 1.82) is 0 Å². The topological polar surface area (TPSA) is 110 Å². The summed E-state index contributed by atoms with van der Waals surface area (Å²) in [6.07, 6.45) is 0.617. The van der Waals surface area contributed by atoms with Crippen molar-refractivity contribution in [3.05, 3.63) is 23.8 Å². The van der Waals surface area contributed by atoms with Gasteiger partial charge in [0, 0.05) is 18.8 Å². The number of nitrogens with two attached hydrogens (primary N) is 2.